The molecule has 1 aromatic carbocycles. The highest BCUT2D eigenvalue weighted by Crippen LogP contribution is 2.20. The SMILES string of the molecule is c1coc(CN2CCN(Cc3c[nH]c4ccccc34)CC2)c1. The Hall–Kier alpha value is -2.04. The van der Waals surface area contributed by atoms with Crippen molar-refractivity contribution in [2.75, 3.05) is 26.2 Å². The number of aromatic amines is 1. The maximum Gasteiger partial charge on any atom is 0.117 e. The predicted molar refractivity (Wildman–Crippen MR) is 87.6 cm³/mol. The summed E-state index contributed by atoms with van der Waals surface area (Å²) in [4.78, 5) is 8.37. The Balaban J connectivity index is 1.36. The molecule has 0 spiro atoms. The Morgan fingerprint density at radius 2 is 1.68 bits per heavy atom. The first-order chi connectivity index (χ1) is 10.9. The summed E-state index contributed by atoms with van der Waals surface area (Å²) in [6.45, 7) is 6.37. The summed E-state index contributed by atoms with van der Waals surface area (Å²) in [6, 6.07) is 12.5. The van der Waals surface area contributed by atoms with Crippen molar-refractivity contribution in [2.24, 2.45) is 0 Å². The highest BCUT2D eigenvalue weighted by Gasteiger charge is 2.18. The van der Waals surface area contributed by atoms with Crippen molar-refractivity contribution in [3.8, 4) is 0 Å². The van der Waals surface area contributed by atoms with Gasteiger partial charge in [-0.05, 0) is 23.8 Å². The zero-order valence-corrected chi connectivity index (χ0v) is 12.7. The molecule has 2 aromatic heterocycles. The van der Waals surface area contributed by atoms with Gasteiger partial charge in [-0.3, -0.25) is 9.80 Å². The van der Waals surface area contributed by atoms with E-state index in [1.165, 1.54) is 16.5 Å². The van der Waals surface area contributed by atoms with Crippen LogP contribution in [0.1, 0.15) is 11.3 Å². The van der Waals surface area contributed by atoms with Crippen molar-refractivity contribution in [3.63, 3.8) is 0 Å². The second kappa shape index (κ2) is 5.99. The molecule has 114 valence electrons. The van der Waals surface area contributed by atoms with Gasteiger partial charge in [0.25, 0.3) is 0 Å². The van der Waals surface area contributed by atoms with E-state index in [4.69, 9.17) is 4.42 Å². The van der Waals surface area contributed by atoms with Crippen LogP contribution in [0.3, 0.4) is 0 Å². The minimum atomic E-state index is 0.925. The highest BCUT2D eigenvalue weighted by molar-refractivity contribution is 5.82. The second-order valence-electron chi connectivity index (χ2n) is 5.99. The molecule has 0 amide bonds. The van der Waals surface area contributed by atoms with Gasteiger partial charge in [-0.2, -0.15) is 0 Å². The number of aromatic nitrogens is 1. The lowest BCUT2D eigenvalue weighted by atomic mass is 10.1. The number of para-hydroxylation sites is 1. The smallest absolute Gasteiger partial charge is 0.117 e. The number of nitrogens with one attached hydrogen (secondary N) is 1. The molecule has 0 atom stereocenters. The number of benzene rings is 1. The van der Waals surface area contributed by atoms with Gasteiger partial charge in [0, 0.05) is 49.8 Å². The van der Waals surface area contributed by atoms with E-state index in [1.54, 1.807) is 6.26 Å². The largest absolute Gasteiger partial charge is 0.468 e. The summed E-state index contributed by atoms with van der Waals surface area (Å²) < 4.78 is 5.44. The Morgan fingerprint density at radius 1 is 0.909 bits per heavy atom. The van der Waals surface area contributed by atoms with Gasteiger partial charge < -0.3 is 9.40 Å². The van der Waals surface area contributed by atoms with Gasteiger partial charge in [-0.1, -0.05) is 18.2 Å². The molecule has 0 aliphatic carbocycles. The summed E-state index contributed by atoms with van der Waals surface area (Å²) in [6.07, 6.45) is 3.91. The number of furan rings is 1. The van der Waals surface area contributed by atoms with Gasteiger partial charge in [-0.25, -0.2) is 0 Å². The number of hydrogen-bond donors (Lipinski definition) is 1. The van der Waals surface area contributed by atoms with Crippen LogP contribution in [0.15, 0.2) is 53.3 Å². The lowest BCUT2D eigenvalue weighted by Crippen LogP contribution is -2.45. The number of rotatable bonds is 4. The molecule has 4 heteroatoms. The first kappa shape index (κ1) is 13.6. The quantitative estimate of drug-likeness (QED) is 0.803. The molecule has 1 aliphatic heterocycles. The molecule has 0 unspecified atom stereocenters. The van der Waals surface area contributed by atoms with Crippen molar-refractivity contribution in [1.29, 1.82) is 0 Å². The molecule has 3 aromatic rings. The van der Waals surface area contributed by atoms with E-state index in [-0.39, 0.29) is 0 Å². The van der Waals surface area contributed by atoms with E-state index >= 15 is 0 Å². The van der Waals surface area contributed by atoms with Crippen molar-refractivity contribution < 1.29 is 4.42 Å². The molecule has 1 N–H and O–H groups in total. The molecular formula is C18H21N3O. The summed E-state index contributed by atoms with van der Waals surface area (Å²) in [5.41, 5.74) is 2.63. The first-order valence-electron chi connectivity index (χ1n) is 7.90. The Labute approximate surface area is 130 Å². The minimum Gasteiger partial charge on any atom is -0.468 e. The van der Waals surface area contributed by atoms with Crippen LogP contribution in [0, 0.1) is 0 Å². The fourth-order valence-corrected chi connectivity index (χ4v) is 3.23. The zero-order chi connectivity index (χ0) is 14.8. The van der Waals surface area contributed by atoms with E-state index < -0.39 is 0 Å². The van der Waals surface area contributed by atoms with Crippen LogP contribution < -0.4 is 0 Å². The average Bonchev–Trinajstić information content (AvgIpc) is 3.20. The van der Waals surface area contributed by atoms with Crippen molar-refractivity contribution in [1.82, 2.24) is 14.8 Å². The minimum absolute atomic E-state index is 0.925. The zero-order valence-electron chi connectivity index (χ0n) is 12.7. The first-order valence-corrected chi connectivity index (χ1v) is 7.90. The van der Waals surface area contributed by atoms with Crippen LogP contribution in [0.25, 0.3) is 10.9 Å². The van der Waals surface area contributed by atoms with Crippen molar-refractivity contribution in [2.45, 2.75) is 13.1 Å². The summed E-state index contributed by atoms with van der Waals surface area (Å²) in [5.74, 6) is 1.06. The van der Waals surface area contributed by atoms with E-state index in [1.807, 2.05) is 6.07 Å². The lowest BCUT2D eigenvalue weighted by molar-refractivity contribution is 0.116. The van der Waals surface area contributed by atoms with Gasteiger partial charge in [0.1, 0.15) is 5.76 Å². The molecule has 22 heavy (non-hydrogen) atoms. The number of H-pyrrole nitrogens is 1. The Morgan fingerprint density at radius 3 is 2.45 bits per heavy atom. The van der Waals surface area contributed by atoms with E-state index in [0.29, 0.717) is 0 Å². The summed E-state index contributed by atoms with van der Waals surface area (Å²) >= 11 is 0. The fourth-order valence-electron chi connectivity index (χ4n) is 3.23. The van der Waals surface area contributed by atoms with E-state index in [0.717, 1.165) is 45.0 Å². The summed E-state index contributed by atoms with van der Waals surface area (Å²) in [5, 5.41) is 1.35. The number of hydrogen-bond acceptors (Lipinski definition) is 3. The molecule has 1 aliphatic rings. The predicted octanol–water partition coefficient (Wildman–Crippen LogP) is 3.08. The molecule has 0 radical (unpaired) electrons. The second-order valence-corrected chi connectivity index (χ2v) is 5.99. The van der Waals surface area contributed by atoms with Gasteiger partial charge >= 0.3 is 0 Å². The third kappa shape index (κ3) is 2.80. The molecule has 0 bridgehead atoms. The van der Waals surface area contributed by atoms with Gasteiger partial charge in [0.05, 0.1) is 12.8 Å². The number of nitrogens with zero attached hydrogens (tertiary/aromatic N) is 2. The molecule has 3 heterocycles. The third-order valence-corrected chi connectivity index (χ3v) is 4.49. The molecule has 1 saturated heterocycles. The van der Waals surface area contributed by atoms with Crippen molar-refractivity contribution >= 4 is 10.9 Å². The Kier molecular flexibility index (Phi) is 3.70. The van der Waals surface area contributed by atoms with Gasteiger partial charge in [-0.15, -0.1) is 0 Å². The van der Waals surface area contributed by atoms with Gasteiger partial charge in [0.2, 0.25) is 0 Å². The maximum absolute atomic E-state index is 5.44. The van der Waals surface area contributed by atoms with Crippen LogP contribution in [-0.2, 0) is 13.1 Å². The van der Waals surface area contributed by atoms with Crippen molar-refractivity contribution in [3.05, 3.63) is 60.2 Å². The molecule has 1 fully saturated rings. The van der Waals surface area contributed by atoms with Crippen LogP contribution in [-0.4, -0.2) is 41.0 Å². The maximum atomic E-state index is 5.44. The third-order valence-electron chi connectivity index (χ3n) is 4.49. The van der Waals surface area contributed by atoms with Crippen LogP contribution in [0.2, 0.25) is 0 Å². The fraction of sp³-hybridized carbons (Fsp3) is 0.333. The standard InChI is InChI=1S/C18H21N3O/c1-2-6-18-17(5-1)15(12-19-18)13-20-7-9-21(10-8-20)14-16-4-3-11-22-16/h1-6,11-12,19H,7-10,13-14H2. The van der Waals surface area contributed by atoms with Crippen LogP contribution in [0.4, 0.5) is 0 Å². The molecular weight excluding hydrogens is 274 g/mol. The molecule has 4 rings (SSSR count). The highest BCUT2D eigenvalue weighted by atomic mass is 16.3. The Bertz CT molecular complexity index is 724. The van der Waals surface area contributed by atoms with E-state index in [2.05, 4.69) is 51.3 Å². The molecule has 0 saturated carbocycles. The topological polar surface area (TPSA) is 35.4 Å². The normalized spacial score (nSPS) is 17.3. The van der Waals surface area contributed by atoms with Crippen LogP contribution >= 0.6 is 0 Å². The number of fused-ring (bicyclic) bond motifs is 1. The number of piperazine rings is 1. The summed E-state index contributed by atoms with van der Waals surface area (Å²) in [7, 11) is 0. The molecule has 4 nitrogen and oxygen atoms in total. The lowest BCUT2D eigenvalue weighted by Gasteiger charge is -2.34. The monoisotopic (exact) mass is 295 g/mol. The van der Waals surface area contributed by atoms with Crippen LogP contribution in [0.5, 0.6) is 0 Å². The average molecular weight is 295 g/mol. The van der Waals surface area contributed by atoms with Gasteiger partial charge in [0.15, 0.2) is 0 Å². The van der Waals surface area contributed by atoms with E-state index in [9.17, 15) is 0 Å².